The largest absolute Gasteiger partial charge is 0.416 e. The van der Waals surface area contributed by atoms with Crippen molar-refractivity contribution in [1.82, 2.24) is 9.97 Å². The van der Waals surface area contributed by atoms with E-state index in [1.807, 2.05) is 30.3 Å². The predicted molar refractivity (Wildman–Crippen MR) is 127 cm³/mol. The summed E-state index contributed by atoms with van der Waals surface area (Å²) >= 11 is 6.09. The lowest BCUT2D eigenvalue weighted by Crippen LogP contribution is -2.32. The topological polar surface area (TPSA) is 49.8 Å². The van der Waals surface area contributed by atoms with Crippen LogP contribution in [0.3, 0.4) is 0 Å². The maximum atomic E-state index is 13.0. The van der Waals surface area contributed by atoms with E-state index in [1.54, 1.807) is 12.4 Å². The maximum Gasteiger partial charge on any atom is 0.416 e. The second-order valence-corrected chi connectivity index (χ2v) is 8.88. The zero-order valence-corrected chi connectivity index (χ0v) is 18.4. The van der Waals surface area contributed by atoms with E-state index >= 15 is 0 Å². The first kappa shape index (κ1) is 21.8. The molecule has 0 bridgehead atoms. The Balaban J connectivity index is 1.25. The summed E-state index contributed by atoms with van der Waals surface area (Å²) in [6, 6.07) is 13.8. The number of fused-ring (bicyclic) bond motifs is 2. The number of aromatic nitrogens is 2. The zero-order chi connectivity index (χ0) is 23.0. The summed E-state index contributed by atoms with van der Waals surface area (Å²) in [7, 11) is 0. The van der Waals surface area contributed by atoms with Gasteiger partial charge in [0, 0.05) is 51.6 Å². The predicted octanol–water partition coefficient (Wildman–Crippen LogP) is 7.29. The Morgan fingerprint density at radius 1 is 0.727 bits per heavy atom. The standard InChI is InChI=1S/C25H22ClF3N4/c26-16-2-8-20-22(10-12-31-24(20)14-16)33-18-5-3-17(4-6-18)32-21-9-11-30-23-13-15(25(27,28)29)1-7-19(21)23/h1-2,7-14,17-18H,3-6H2,(H,30,32)(H,31,33)/t17-,18+. The molecule has 0 radical (unpaired) electrons. The first-order valence-electron chi connectivity index (χ1n) is 10.9. The number of anilines is 2. The molecule has 1 aliphatic rings. The fourth-order valence-corrected chi connectivity index (χ4v) is 4.69. The van der Waals surface area contributed by atoms with Gasteiger partial charge in [0.15, 0.2) is 0 Å². The first-order chi connectivity index (χ1) is 15.9. The van der Waals surface area contributed by atoms with E-state index < -0.39 is 11.7 Å². The molecule has 2 N–H and O–H groups in total. The van der Waals surface area contributed by atoms with Crippen LogP contribution in [0.1, 0.15) is 31.2 Å². The van der Waals surface area contributed by atoms with Gasteiger partial charge in [0.05, 0.1) is 16.6 Å². The van der Waals surface area contributed by atoms with Crippen molar-refractivity contribution in [2.24, 2.45) is 0 Å². The van der Waals surface area contributed by atoms with Crippen LogP contribution in [-0.2, 0) is 6.18 Å². The van der Waals surface area contributed by atoms with Gasteiger partial charge in [0.25, 0.3) is 0 Å². The van der Waals surface area contributed by atoms with Crippen LogP contribution in [0, 0.1) is 0 Å². The summed E-state index contributed by atoms with van der Waals surface area (Å²) < 4.78 is 39.1. The number of nitrogens with zero attached hydrogens (tertiary/aromatic N) is 2. The molecule has 170 valence electrons. The fourth-order valence-electron chi connectivity index (χ4n) is 4.52. The van der Waals surface area contributed by atoms with E-state index in [0.717, 1.165) is 60.1 Å². The lowest BCUT2D eigenvalue weighted by molar-refractivity contribution is -0.137. The third-order valence-corrected chi connectivity index (χ3v) is 6.46. The van der Waals surface area contributed by atoms with E-state index in [4.69, 9.17) is 11.6 Å². The van der Waals surface area contributed by atoms with Gasteiger partial charge in [-0.25, -0.2) is 0 Å². The highest BCUT2D eigenvalue weighted by Crippen LogP contribution is 2.34. The van der Waals surface area contributed by atoms with E-state index in [9.17, 15) is 13.2 Å². The third-order valence-electron chi connectivity index (χ3n) is 6.22. The molecular weight excluding hydrogens is 449 g/mol. The number of benzene rings is 2. The molecule has 0 spiro atoms. The molecule has 0 amide bonds. The molecule has 33 heavy (non-hydrogen) atoms. The Kier molecular flexibility index (Phi) is 5.74. The minimum absolute atomic E-state index is 0.254. The molecule has 2 aromatic carbocycles. The van der Waals surface area contributed by atoms with Crippen molar-refractivity contribution < 1.29 is 13.2 Å². The van der Waals surface area contributed by atoms with Crippen molar-refractivity contribution in [2.75, 3.05) is 10.6 Å². The number of hydrogen-bond donors (Lipinski definition) is 2. The molecular formula is C25H22ClF3N4. The normalized spacial score (nSPS) is 19.0. The molecule has 0 saturated heterocycles. The number of hydrogen-bond acceptors (Lipinski definition) is 4. The van der Waals surface area contributed by atoms with Crippen molar-refractivity contribution in [1.29, 1.82) is 0 Å². The van der Waals surface area contributed by atoms with Crippen LogP contribution in [0.2, 0.25) is 5.02 Å². The van der Waals surface area contributed by atoms with Crippen LogP contribution >= 0.6 is 11.6 Å². The maximum absolute atomic E-state index is 13.0. The van der Waals surface area contributed by atoms with Crippen LogP contribution in [-0.4, -0.2) is 22.1 Å². The summed E-state index contributed by atoms with van der Waals surface area (Å²) in [4.78, 5) is 8.53. The van der Waals surface area contributed by atoms with Crippen molar-refractivity contribution in [2.45, 2.75) is 43.9 Å². The highest BCUT2D eigenvalue weighted by atomic mass is 35.5. The molecule has 0 unspecified atom stereocenters. The summed E-state index contributed by atoms with van der Waals surface area (Å²) in [5.41, 5.74) is 2.39. The summed E-state index contributed by atoms with van der Waals surface area (Å²) in [5.74, 6) is 0. The average Bonchev–Trinajstić information content (AvgIpc) is 2.79. The highest BCUT2D eigenvalue weighted by Gasteiger charge is 2.31. The van der Waals surface area contributed by atoms with Gasteiger partial charge in [0.1, 0.15) is 0 Å². The molecule has 5 rings (SSSR count). The number of pyridine rings is 2. The smallest absolute Gasteiger partial charge is 0.382 e. The molecule has 1 fully saturated rings. The Labute approximate surface area is 194 Å². The van der Waals surface area contributed by atoms with Gasteiger partial charge < -0.3 is 10.6 Å². The summed E-state index contributed by atoms with van der Waals surface area (Å²) in [6.07, 6.45) is 2.84. The van der Waals surface area contributed by atoms with Crippen LogP contribution < -0.4 is 10.6 Å². The van der Waals surface area contributed by atoms with Gasteiger partial charge in [-0.15, -0.1) is 0 Å². The van der Waals surface area contributed by atoms with Crippen molar-refractivity contribution >= 4 is 44.8 Å². The third kappa shape index (κ3) is 4.69. The van der Waals surface area contributed by atoms with E-state index in [1.165, 1.54) is 6.07 Å². The minimum Gasteiger partial charge on any atom is -0.382 e. The molecule has 0 aliphatic heterocycles. The molecule has 8 heteroatoms. The fraction of sp³-hybridized carbons (Fsp3) is 0.280. The Morgan fingerprint density at radius 2 is 1.24 bits per heavy atom. The van der Waals surface area contributed by atoms with Gasteiger partial charge in [-0.3, -0.25) is 9.97 Å². The summed E-state index contributed by atoms with van der Waals surface area (Å²) in [5, 5.41) is 9.59. The highest BCUT2D eigenvalue weighted by molar-refractivity contribution is 6.31. The van der Waals surface area contributed by atoms with E-state index in [0.29, 0.717) is 22.0 Å². The van der Waals surface area contributed by atoms with Crippen molar-refractivity contribution in [3.8, 4) is 0 Å². The van der Waals surface area contributed by atoms with Crippen LogP contribution in [0.15, 0.2) is 60.9 Å². The number of rotatable bonds is 4. The Hall–Kier alpha value is -3.06. The summed E-state index contributed by atoms with van der Waals surface area (Å²) in [6.45, 7) is 0. The molecule has 2 aromatic heterocycles. The monoisotopic (exact) mass is 470 g/mol. The van der Waals surface area contributed by atoms with Crippen LogP contribution in [0.5, 0.6) is 0 Å². The van der Waals surface area contributed by atoms with E-state index in [-0.39, 0.29) is 6.04 Å². The van der Waals surface area contributed by atoms with Crippen LogP contribution in [0.4, 0.5) is 24.5 Å². The van der Waals surface area contributed by atoms with Gasteiger partial charge in [0.2, 0.25) is 0 Å². The number of nitrogens with one attached hydrogen (secondary N) is 2. The average molecular weight is 471 g/mol. The second kappa shape index (κ2) is 8.71. The van der Waals surface area contributed by atoms with Crippen LogP contribution in [0.25, 0.3) is 21.8 Å². The zero-order valence-electron chi connectivity index (χ0n) is 17.7. The second-order valence-electron chi connectivity index (χ2n) is 8.45. The lowest BCUT2D eigenvalue weighted by atomic mass is 9.90. The molecule has 4 nitrogen and oxygen atoms in total. The van der Waals surface area contributed by atoms with Crippen molar-refractivity contribution in [3.05, 3.63) is 71.5 Å². The molecule has 2 heterocycles. The molecule has 4 aromatic rings. The van der Waals surface area contributed by atoms with Crippen molar-refractivity contribution in [3.63, 3.8) is 0 Å². The number of alkyl halides is 3. The van der Waals surface area contributed by atoms with Gasteiger partial charge in [-0.2, -0.15) is 13.2 Å². The van der Waals surface area contributed by atoms with E-state index in [2.05, 4.69) is 20.6 Å². The minimum atomic E-state index is -4.38. The molecule has 0 atom stereocenters. The van der Waals surface area contributed by atoms with Gasteiger partial charge >= 0.3 is 6.18 Å². The molecule has 1 saturated carbocycles. The number of halogens is 4. The Morgan fingerprint density at radius 3 is 1.79 bits per heavy atom. The Bertz CT molecular complexity index is 1300. The SMILES string of the molecule is FC(F)(F)c1ccc2c(N[C@H]3CC[C@@H](Nc4ccnc5cc(Cl)ccc45)CC3)ccnc2c1. The molecule has 1 aliphatic carbocycles. The lowest BCUT2D eigenvalue weighted by Gasteiger charge is -2.31. The van der Waals surface area contributed by atoms with Gasteiger partial charge in [-0.1, -0.05) is 17.7 Å². The first-order valence-corrected chi connectivity index (χ1v) is 11.3. The quantitative estimate of drug-likeness (QED) is 0.329. The van der Waals surface area contributed by atoms with Gasteiger partial charge in [-0.05, 0) is 68.1 Å².